The molecule has 3 aromatic rings. The third-order valence-corrected chi connectivity index (χ3v) is 8.42. The lowest BCUT2D eigenvalue weighted by Crippen LogP contribution is -2.52. The molecule has 0 spiro atoms. The highest BCUT2D eigenvalue weighted by molar-refractivity contribution is 6.95. The maximum Gasteiger partial charge on any atom is 0.132 e. The fourth-order valence-electron chi connectivity index (χ4n) is 3.88. The van der Waals surface area contributed by atoms with E-state index >= 15 is 0 Å². The molecule has 0 unspecified atom stereocenters. The largest absolute Gasteiger partial charge is 0.132 e. The smallest absolute Gasteiger partial charge is 0.0654 e. The van der Waals surface area contributed by atoms with Crippen molar-refractivity contribution in [2.75, 3.05) is 0 Å². The molecule has 0 aliphatic heterocycles. The lowest BCUT2D eigenvalue weighted by Gasteiger charge is -2.20. The average Bonchev–Trinajstić information content (AvgIpc) is 2.72. The molecule has 0 aliphatic rings. The second-order valence-electron chi connectivity index (χ2n) is 7.54. The second kappa shape index (κ2) is 10.3. The maximum absolute atomic E-state index is 2.52. The van der Waals surface area contributed by atoms with Crippen LogP contribution in [0.4, 0.5) is 0 Å². The van der Waals surface area contributed by atoms with E-state index in [1.807, 2.05) is 0 Å². The Labute approximate surface area is 166 Å². The van der Waals surface area contributed by atoms with Gasteiger partial charge in [-0.05, 0) is 36.8 Å². The van der Waals surface area contributed by atoms with E-state index in [9.17, 15) is 0 Å². The Morgan fingerprint density at radius 2 is 1.00 bits per heavy atom. The molecule has 1 heteroatoms. The van der Waals surface area contributed by atoms with Crippen molar-refractivity contribution in [3.63, 3.8) is 0 Å². The molecule has 3 rings (SSSR count). The average molecular weight is 373 g/mol. The molecule has 0 saturated carbocycles. The van der Waals surface area contributed by atoms with Crippen molar-refractivity contribution >= 4 is 24.4 Å². The van der Waals surface area contributed by atoms with Gasteiger partial charge in [0.25, 0.3) is 0 Å². The summed E-state index contributed by atoms with van der Waals surface area (Å²) in [6, 6.07) is 29.8. The monoisotopic (exact) mass is 372 g/mol. The summed E-state index contributed by atoms with van der Waals surface area (Å²) in [5.74, 6) is 0. The number of rotatable bonds is 9. The lowest BCUT2D eigenvalue weighted by molar-refractivity contribution is 0.781. The van der Waals surface area contributed by atoms with Crippen molar-refractivity contribution in [2.45, 2.75) is 52.4 Å². The third-order valence-electron chi connectivity index (χ3n) is 5.31. The number of hydrogen-bond acceptors (Lipinski definition) is 0. The molecule has 0 atom stereocenters. The zero-order valence-electron chi connectivity index (χ0n) is 16.8. The summed E-state index contributed by atoms with van der Waals surface area (Å²) >= 11 is 0. The molecule has 140 valence electrons. The van der Waals surface area contributed by atoms with Crippen LogP contribution >= 0.6 is 0 Å². The number of hydrogen-bond donors (Lipinski definition) is 0. The van der Waals surface area contributed by atoms with Gasteiger partial charge in [0.05, 0.1) is 0 Å². The molecule has 0 aliphatic carbocycles. The molecular formula is C26H32Si. The van der Waals surface area contributed by atoms with Crippen LogP contribution in [-0.2, 0) is 12.8 Å². The lowest BCUT2D eigenvalue weighted by atomic mass is 10.0. The van der Waals surface area contributed by atoms with Gasteiger partial charge in [-0.1, -0.05) is 121 Å². The minimum atomic E-state index is -1.43. The van der Waals surface area contributed by atoms with Crippen LogP contribution in [0.25, 0.3) is 0 Å². The molecule has 27 heavy (non-hydrogen) atoms. The van der Waals surface area contributed by atoms with Crippen molar-refractivity contribution < 1.29 is 0 Å². The van der Waals surface area contributed by atoms with E-state index in [4.69, 9.17) is 0 Å². The molecular weight excluding hydrogens is 340 g/mol. The van der Waals surface area contributed by atoms with E-state index in [0.717, 1.165) is 0 Å². The summed E-state index contributed by atoms with van der Waals surface area (Å²) in [5, 5.41) is 4.60. The Bertz CT molecular complexity index is 742. The molecule has 0 aromatic heterocycles. The quantitative estimate of drug-likeness (QED) is 0.380. The fourth-order valence-corrected chi connectivity index (χ4v) is 7.01. The van der Waals surface area contributed by atoms with E-state index < -0.39 is 8.80 Å². The molecule has 0 radical (unpaired) electrons. The van der Waals surface area contributed by atoms with E-state index in [0.29, 0.717) is 0 Å². The van der Waals surface area contributed by atoms with Gasteiger partial charge in [-0.2, -0.15) is 0 Å². The minimum absolute atomic E-state index is 1.20. The summed E-state index contributed by atoms with van der Waals surface area (Å²) < 4.78 is 0. The Kier molecular flexibility index (Phi) is 7.47. The van der Waals surface area contributed by atoms with Gasteiger partial charge in [-0.25, -0.2) is 0 Å². The highest BCUT2D eigenvalue weighted by Crippen LogP contribution is 2.11. The standard InChI is InChI=1S/C26H32Si/c1-3-5-13-22-19-23(14-6-4-2)21-26(20-22)27(24-15-9-7-10-16-24)25-17-11-8-12-18-25/h7-12,15-21,27H,3-6,13-14H2,1-2H3. The number of aryl methyl sites for hydroxylation is 2. The highest BCUT2D eigenvalue weighted by atomic mass is 28.3. The van der Waals surface area contributed by atoms with Gasteiger partial charge < -0.3 is 0 Å². The first kappa shape index (κ1) is 19.6. The summed E-state index contributed by atoms with van der Waals surface area (Å²) in [4.78, 5) is 0. The van der Waals surface area contributed by atoms with Crippen LogP contribution in [0.5, 0.6) is 0 Å². The first-order valence-corrected chi connectivity index (χ1v) is 12.3. The van der Waals surface area contributed by atoms with Crippen LogP contribution in [-0.4, -0.2) is 8.80 Å². The summed E-state index contributed by atoms with van der Waals surface area (Å²) in [5.41, 5.74) is 3.06. The van der Waals surface area contributed by atoms with Crippen molar-refractivity contribution in [1.82, 2.24) is 0 Å². The first-order valence-electron chi connectivity index (χ1n) is 10.5. The van der Waals surface area contributed by atoms with E-state index in [1.54, 1.807) is 5.19 Å². The zero-order valence-corrected chi connectivity index (χ0v) is 18.0. The van der Waals surface area contributed by atoms with Gasteiger partial charge in [0, 0.05) is 0 Å². The van der Waals surface area contributed by atoms with Gasteiger partial charge in [0.2, 0.25) is 0 Å². The topological polar surface area (TPSA) is 0 Å². The molecule has 0 amide bonds. The summed E-state index contributed by atoms with van der Waals surface area (Å²) in [6.07, 6.45) is 7.47. The van der Waals surface area contributed by atoms with E-state index in [2.05, 4.69) is 92.7 Å². The number of unbranched alkanes of at least 4 members (excludes halogenated alkanes) is 2. The minimum Gasteiger partial charge on any atom is -0.0654 e. The second-order valence-corrected chi connectivity index (χ2v) is 10.4. The van der Waals surface area contributed by atoms with Gasteiger partial charge in [0.1, 0.15) is 8.80 Å². The van der Waals surface area contributed by atoms with Gasteiger partial charge in [-0.15, -0.1) is 0 Å². The highest BCUT2D eigenvalue weighted by Gasteiger charge is 2.19. The Morgan fingerprint density at radius 1 is 0.556 bits per heavy atom. The Hall–Kier alpha value is -2.12. The van der Waals surface area contributed by atoms with Crippen LogP contribution < -0.4 is 15.6 Å². The molecule has 0 N–H and O–H groups in total. The summed E-state index contributed by atoms with van der Waals surface area (Å²) in [7, 11) is -1.43. The molecule has 0 saturated heterocycles. The molecule has 0 nitrogen and oxygen atoms in total. The molecule has 3 aromatic carbocycles. The normalized spacial score (nSPS) is 11.1. The van der Waals surface area contributed by atoms with Crippen LogP contribution in [0.3, 0.4) is 0 Å². The van der Waals surface area contributed by atoms with Crippen LogP contribution in [0.1, 0.15) is 50.7 Å². The van der Waals surface area contributed by atoms with Crippen LogP contribution in [0.2, 0.25) is 0 Å². The van der Waals surface area contributed by atoms with Gasteiger partial charge >= 0.3 is 0 Å². The Balaban J connectivity index is 2.07. The van der Waals surface area contributed by atoms with Crippen molar-refractivity contribution in [3.05, 3.63) is 90.0 Å². The predicted molar refractivity (Wildman–Crippen MR) is 123 cm³/mol. The first-order chi connectivity index (χ1) is 13.3. The zero-order chi connectivity index (χ0) is 18.9. The van der Waals surface area contributed by atoms with E-state index in [1.165, 1.54) is 60.0 Å². The molecule has 0 fully saturated rings. The number of benzene rings is 3. The maximum atomic E-state index is 2.52. The van der Waals surface area contributed by atoms with E-state index in [-0.39, 0.29) is 0 Å². The van der Waals surface area contributed by atoms with Gasteiger partial charge in [-0.3, -0.25) is 0 Å². The predicted octanol–water partition coefficient (Wildman–Crippen LogP) is 4.62. The third kappa shape index (κ3) is 5.43. The van der Waals surface area contributed by atoms with Gasteiger partial charge in [0.15, 0.2) is 0 Å². The van der Waals surface area contributed by atoms with Crippen molar-refractivity contribution in [3.8, 4) is 0 Å². The van der Waals surface area contributed by atoms with Crippen LogP contribution in [0.15, 0.2) is 78.9 Å². The SMILES string of the molecule is CCCCc1cc(CCCC)cc([SiH](c2ccccc2)c2ccccc2)c1. The molecule has 0 heterocycles. The Morgan fingerprint density at radius 3 is 1.41 bits per heavy atom. The summed E-state index contributed by atoms with van der Waals surface area (Å²) in [6.45, 7) is 4.57. The fraction of sp³-hybridized carbons (Fsp3) is 0.308. The van der Waals surface area contributed by atoms with Crippen molar-refractivity contribution in [2.24, 2.45) is 0 Å². The molecule has 0 bridgehead atoms. The van der Waals surface area contributed by atoms with Crippen LogP contribution in [0, 0.1) is 0 Å². The van der Waals surface area contributed by atoms with Crippen molar-refractivity contribution in [1.29, 1.82) is 0 Å².